The van der Waals surface area contributed by atoms with Gasteiger partial charge >= 0.3 is 0 Å². The number of hydrogen-bond acceptors (Lipinski definition) is 3. The van der Waals surface area contributed by atoms with Crippen LogP contribution in [-0.2, 0) is 0 Å². The highest BCUT2D eigenvalue weighted by atomic mass is 35.5. The van der Waals surface area contributed by atoms with Gasteiger partial charge in [-0.1, -0.05) is 28.8 Å². The van der Waals surface area contributed by atoms with Gasteiger partial charge in [-0.3, -0.25) is 0 Å². The van der Waals surface area contributed by atoms with Crippen LogP contribution in [0.3, 0.4) is 0 Å². The van der Waals surface area contributed by atoms with E-state index >= 15 is 0 Å². The molecule has 1 aromatic carbocycles. The second kappa shape index (κ2) is 5.72. The molecule has 0 heterocycles. The molecule has 0 fully saturated rings. The van der Waals surface area contributed by atoms with Gasteiger partial charge in [0, 0.05) is 9.93 Å². The molecule has 16 heavy (non-hydrogen) atoms. The van der Waals surface area contributed by atoms with E-state index in [-0.39, 0.29) is 6.54 Å². The number of benzene rings is 1. The third-order valence-electron chi connectivity index (χ3n) is 2.23. The predicted molar refractivity (Wildman–Crippen MR) is 61.2 cm³/mol. The minimum atomic E-state index is -1.13. The van der Waals surface area contributed by atoms with Crippen molar-refractivity contribution in [1.82, 2.24) is 0 Å². The van der Waals surface area contributed by atoms with Crippen LogP contribution in [0.15, 0.2) is 23.3 Å². The molecule has 6 heteroatoms. The van der Waals surface area contributed by atoms with Crippen molar-refractivity contribution >= 4 is 11.6 Å². The van der Waals surface area contributed by atoms with Gasteiger partial charge in [0.2, 0.25) is 0 Å². The summed E-state index contributed by atoms with van der Waals surface area (Å²) in [5.74, 6) is 0. The quantitative estimate of drug-likeness (QED) is 0.481. The molecule has 86 valence electrons. The molecule has 2 atom stereocenters. The topological polar surface area (TPSA) is 89.2 Å². The van der Waals surface area contributed by atoms with Crippen LogP contribution >= 0.6 is 11.6 Å². The molecule has 0 spiro atoms. The SMILES string of the molecule is Cc1ccc(C(O)C(O)CN=[N+]=[N-])cc1Cl. The maximum absolute atomic E-state index is 9.74. The van der Waals surface area contributed by atoms with Crippen LogP contribution in [0, 0.1) is 6.92 Å². The summed E-state index contributed by atoms with van der Waals surface area (Å²) in [5, 5.41) is 23.0. The summed E-state index contributed by atoms with van der Waals surface area (Å²) in [6, 6.07) is 5.01. The summed E-state index contributed by atoms with van der Waals surface area (Å²) in [5.41, 5.74) is 9.48. The van der Waals surface area contributed by atoms with Crippen LogP contribution in [-0.4, -0.2) is 22.9 Å². The Balaban J connectivity index is 2.82. The maximum Gasteiger partial charge on any atom is 0.105 e. The van der Waals surface area contributed by atoms with Gasteiger partial charge in [0.1, 0.15) is 6.10 Å². The van der Waals surface area contributed by atoms with Crippen molar-refractivity contribution in [3.63, 3.8) is 0 Å². The lowest BCUT2D eigenvalue weighted by molar-refractivity contribution is 0.0244. The standard InChI is InChI=1S/C10H12ClN3O2/c1-6-2-3-7(4-8(6)11)10(16)9(15)5-13-14-12/h2-4,9-10,15-16H,5H2,1H3. The van der Waals surface area contributed by atoms with Gasteiger partial charge < -0.3 is 10.2 Å². The van der Waals surface area contributed by atoms with E-state index in [0.717, 1.165) is 5.56 Å². The van der Waals surface area contributed by atoms with E-state index in [4.69, 9.17) is 17.1 Å². The molecule has 0 saturated carbocycles. The third kappa shape index (κ3) is 3.12. The van der Waals surface area contributed by atoms with Crippen LogP contribution in [0.4, 0.5) is 0 Å². The molecule has 0 aliphatic rings. The van der Waals surface area contributed by atoms with Gasteiger partial charge in [-0.25, -0.2) is 0 Å². The molecule has 0 bridgehead atoms. The molecular formula is C10H12ClN3O2. The Morgan fingerprint density at radius 2 is 2.19 bits per heavy atom. The van der Waals surface area contributed by atoms with E-state index < -0.39 is 12.2 Å². The first-order valence-corrected chi connectivity index (χ1v) is 5.07. The smallest absolute Gasteiger partial charge is 0.105 e. The molecule has 0 amide bonds. The number of azide groups is 1. The first-order valence-electron chi connectivity index (χ1n) is 4.69. The zero-order valence-corrected chi connectivity index (χ0v) is 9.46. The second-order valence-corrected chi connectivity index (χ2v) is 3.84. The number of aliphatic hydroxyl groups is 2. The van der Waals surface area contributed by atoms with Gasteiger partial charge in [0.15, 0.2) is 0 Å². The van der Waals surface area contributed by atoms with Crippen molar-refractivity contribution < 1.29 is 10.2 Å². The molecule has 0 aromatic heterocycles. The zero-order chi connectivity index (χ0) is 12.1. The highest BCUT2D eigenvalue weighted by Crippen LogP contribution is 2.23. The highest BCUT2D eigenvalue weighted by Gasteiger charge is 2.17. The Hall–Kier alpha value is -1.26. The Bertz CT molecular complexity index is 419. The van der Waals surface area contributed by atoms with Crippen LogP contribution in [0.1, 0.15) is 17.2 Å². The van der Waals surface area contributed by atoms with Crippen molar-refractivity contribution in [3.8, 4) is 0 Å². The first-order chi connectivity index (χ1) is 7.56. The van der Waals surface area contributed by atoms with E-state index in [0.29, 0.717) is 10.6 Å². The zero-order valence-electron chi connectivity index (χ0n) is 8.71. The van der Waals surface area contributed by atoms with Gasteiger partial charge in [-0.05, 0) is 29.6 Å². The maximum atomic E-state index is 9.74. The summed E-state index contributed by atoms with van der Waals surface area (Å²) in [6.07, 6.45) is -2.24. The summed E-state index contributed by atoms with van der Waals surface area (Å²) < 4.78 is 0. The van der Waals surface area contributed by atoms with Crippen molar-refractivity contribution in [3.05, 3.63) is 44.8 Å². The van der Waals surface area contributed by atoms with Gasteiger partial charge in [0.25, 0.3) is 0 Å². The molecule has 1 aromatic rings. The Morgan fingerprint density at radius 1 is 1.50 bits per heavy atom. The van der Waals surface area contributed by atoms with E-state index in [1.807, 2.05) is 6.92 Å². The van der Waals surface area contributed by atoms with Crippen LogP contribution in [0.2, 0.25) is 5.02 Å². The molecule has 5 nitrogen and oxygen atoms in total. The Labute approximate surface area is 97.9 Å². The van der Waals surface area contributed by atoms with Crippen molar-refractivity contribution in [1.29, 1.82) is 0 Å². The Kier molecular flexibility index (Phi) is 4.58. The van der Waals surface area contributed by atoms with E-state index in [2.05, 4.69) is 10.0 Å². The molecule has 2 N–H and O–H groups in total. The second-order valence-electron chi connectivity index (χ2n) is 3.43. The molecule has 0 saturated heterocycles. The predicted octanol–water partition coefficient (Wildman–Crippen LogP) is 2.35. The van der Waals surface area contributed by atoms with Gasteiger partial charge in [0.05, 0.1) is 12.6 Å². The van der Waals surface area contributed by atoms with Crippen molar-refractivity contribution in [2.75, 3.05) is 6.54 Å². The average molecular weight is 242 g/mol. The number of hydrogen-bond donors (Lipinski definition) is 2. The lowest BCUT2D eigenvalue weighted by Gasteiger charge is -2.16. The summed E-state index contributed by atoms with van der Waals surface area (Å²) in [6.45, 7) is 1.66. The average Bonchev–Trinajstić information content (AvgIpc) is 2.28. The molecule has 1 rings (SSSR count). The summed E-state index contributed by atoms with van der Waals surface area (Å²) in [7, 11) is 0. The lowest BCUT2D eigenvalue weighted by atomic mass is 10.0. The summed E-state index contributed by atoms with van der Waals surface area (Å²) >= 11 is 5.89. The monoisotopic (exact) mass is 241 g/mol. The minimum absolute atomic E-state index is 0.177. The fourth-order valence-corrected chi connectivity index (χ4v) is 1.42. The van der Waals surface area contributed by atoms with E-state index in [9.17, 15) is 10.2 Å². The van der Waals surface area contributed by atoms with Gasteiger partial charge in [-0.2, -0.15) is 0 Å². The van der Waals surface area contributed by atoms with Gasteiger partial charge in [-0.15, -0.1) is 0 Å². The summed E-state index contributed by atoms with van der Waals surface area (Å²) in [4.78, 5) is 2.51. The highest BCUT2D eigenvalue weighted by molar-refractivity contribution is 6.31. The normalized spacial score (nSPS) is 14.0. The fourth-order valence-electron chi connectivity index (χ4n) is 1.24. The minimum Gasteiger partial charge on any atom is -0.390 e. The lowest BCUT2D eigenvalue weighted by Crippen LogP contribution is -2.21. The first kappa shape index (κ1) is 12.8. The number of aryl methyl sites for hydroxylation is 1. The molecule has 0 aliphatic carbocycles. The number of aliphatic hydroxyl groups excluding tert-OH is 2. The molecule has 0 aliphatic heterocycles. The number of halogens is 1. The fraction of sp³-hybridized carbons (Fsp3) is 0.400. The van der Waals surface area contributed by atoms with Crippen LogP contribution in [0.25, 0.3) is 10.4 Å². The largest absolute Gasteiger partial charge is 0.390 e. The van der Waals surface area contributed by atoms with Crippen molar-refractivity contribution in [2.45, 2.75) is 19.1 Å². The Morgan fingerprint density at radius 3 is 2.75 bits per heavy atom. The molecule has 0 radical (unpaired) electrons. The van der Waals surface area contributed by atoms with E-state index in [1.54, 1.807) is 18.2 Å². The van der Waals surface area contributed by atoms with Crippen LogP contribution < -0.4 is 0 Å². The van der Waals surface area contributed by atoms with Crippen molar-refractivity contribution in [2.24, 2.45) is 5.11 Å². The van der Waals surface area contributed by atoms with Crippen LogP contribution in [0.5, 0.6) is 0 Å². The number of nitrogens with zero attached hydrogens (tertiary/aromatic N) is 3. The van der Waals surface area contributed by atoms with E-state index in [1.165, 1.54) is 0 Å². The third-order valence-corrected chi connectivity index (χ3v) is 2.64. The number of rotatable bonds is 4. The molecule has 2 unspecified atom stereocenters. The molecular weight excluding hydrogens is 230 g/mol.